The lowest BCUT2D eigenvalue weighted by Crippen LogP contribution is -2.44. The Bertz CT molecular complexity index is 1030. The second kappa shape index (κ2) is 8.20. The van der Waals surface area contributed by atoms with Crippen molar-refractivity contribution in [2.45, 2.75) is 19.8 Å². The molecule has 29 heavy (non-hydrogen) atoms. The fraction of sp³-hybridized carbons (Fsp3) is 0.350. The van der Waals surface area contributed by atoms with Gasteiger partial charge in [-0.15, -0.1) is 11.3 Å². The van der Waals surface area contributed by atoms with Crippen molar-refractivity contribution in [1.82, 2.24) is 14.3 Å². The highest BCUT2D eigenvalue weighted by Crippen LogP contribution is 2.31. The first-order valence-corrected chi connectivity index (χ1v) is 10.4. The molecule has 0 spiro atoms. The Kier molecular flexibility index (Phi) is 5.48. The molecule has 1 saturated heterocycles. The number of hydrogen-bond donors (Lipinski definition) is 1. The van der Waals surface area contributed by atoms with Crippen LogP contribution in [0.15, 0.2) is 35.8 Å². The Labute approximate surface area is 171 Å². The van der Waals surface area contributed by atoms with Crippen LogP contribution in [0.5, 0.6) is 0 Å². The van der Waals surface area contributed by atoms with E-state index in [2.05, 4.69) is 10.3 Å². The molecular formula is C20H21FN4O3S. The molecule has 7 nitrogen and oxygen atoms in total. The van der Waals surface area contributed by atoms with Crippen LogP contribution in [0.3, 0.4) is 0 Å². The molecule has 1 aliphatic heterocycles. The summed E-state index contributed by atoms with van der Waals surface area (Å²) in [4.78, 5) is 31.9. The van der Waals surface area contributed by atoms with Crippen molar-refractivity contribution in [2.24, 2.45) is 5.92 Å². The third-order valence-electron chi connectivity index (χ3n) is 4.94. The number of ether oxygens (including phenoxy) is 1. The number of aromatic nitrogens is 2. The molecule has 2 aromatic heterocycles. The van der Waals surface area contributed by atoms with Gasteiger partial charge < -0.3 is 15.0 Å². The number of rotatable bonds is 4. The summed E-state index contributed by atoms with van der Waals surface area (Å²) in [6, 6.07) is 6.01. The zero-order chi connectivity index (χ0) is 20.4. The summed E-state index contributed by atoms with van der Waals surface area (Å²) >= 11 is 1.45. The predicted octanol–water partition coefficient (Wildman–Crippen LogP) is 4.01. The zero-order valence-corrected chi connectivity index (χ0v) is 16.7. The molecule has 4 rings (SSSR count). The summed E-state index contributed by atoms with van der Waals surface area (Å²) in [5.41, 5.74) is 1.30. The van der Waals surface area contributed by atoms with Crippen molar-refractivity contribution in [3.63, 3.8) is 0 Å². The number of imidazole rings is 1. The molecule has 0 radical (unpaired) electrons. The van der Waals surface area contributed by atoms with E-state index in [0.29, 0.717) is 37.6 Å². The first-order chi connectivity index (χ1) is 14.1. The minimum absolute atomic E-state index is 0.171. The van der Waals surface area contributed by atoms with Crippen LogP contribution in [0.1, 0.15) is 19.8 Å². The summed E-state index contributed by atoms with van der Waals surface area (Å²) < 4.78 is 20.2. The quantitative estimate of drug-likeness (QED) is 0.697. The number of halogens is 1. The second-order valence-electron chi connectivity index (χ2n) is 6.84. The van der Waals surface area contributed by atoms with Crippen molar-refractivity contribution in [1.29, 1.82) is 0 Å². The van der Waals surface area contributed by atoms with E-state index in [4.69, 9.17) is 4.74 Å². The van der Waals surface area contributed by atoms with Crippen molar-refractivity contribution in [3.8, 4) is 11.3 Å². The number of anilines is 1. The maximum Gasteiger partial charge on any atom is 0.409 e. The van der Waals surface area contributed by atoms with Crippen LogP contribution in [0.25, 0.3) is 16.2 Å². The highest BCUT2D eigenvalue weighted by atomic mass is 32.1. The summed E-state index contributed by atoms with van der Waals surface area (Å²) in [7, 11) is 0. The maximum atomic E-state index is 13.3. The van der Waals surface area contributed by atoms with Gasteiger partial charge in [-0.3, -0.25) is 9.20 Å². The van der Waals surface area contributed by atoms with E-state index in [1.807, 2.05) is 16.0 Å². The average molecular weight is 416 g/mol. The molecule has 1 atom stereocenters. The van der Waals surface area contributed by atoms with Gasteiger partial charge >= 0.3 is 6.09 Å². The molecule has 0 unspecified atom stereocenters. The number of nitrogens with zero attached hydrogens (tertiary/aromatic N) is 3. The first-order valence-electron chi connectivity index (χ1n) is 9.51. The van der Waals surface area contributed by atoms with Crippen molar-refractivity contribution in [2.75, 3.05) is 25.0 Å². The standard InChI is InChI=1S/C20H21FN4O3S/c1-2-28-20(27)24-9-3-4-14(12-24)18(26)23-17-16(13-5-7-15(21)8-6-13)22-19-25(17)10-11-29-19/h5-8,10-11,14H,2-4,9,12H2,1H3,(H,23,26)/t14-/m1/s1. The monoisotopic (exact) mass is 416 g/mol. The molecular weight excluding hydrogens is 395 g/mol. The molecule has 1 N–H and O–H groups in total. The van der Waals surface area contributed by atoms with Crippen LogP contribution < -0.4 is 5.32 Å². The summed E-state index contributed by atoms with van der Waals surface area (Å²) in [6.45, 7) is 2.97. The number of amides is 2. The average Bonchev–Trinajstić information content (AvgIpc) is 3.31. The Morgan fingerprint density at radius 1 is 1.34 bits per heavy atom. The second-order valence-corrected chi connectivity index (χ2v) is 7.72. The number of nitrogens with one attached hydrogen (secondary N) is 1. The topological polar surface area (TPSA) is 75.9 Å². The molecule has 0 bridgehead atoms. The number of piperidine rings is 1. The third-order valence-corrected chi connectivity index (χ3v) is 5.70. The molecule has 1 aliphatic rings. The van der Waals surface area contributed by atoms with Gasteiger partial charge in [0.1, 0.15) is 17.3 Å². The van der Waals surface area contributed by atoms with E-state index in [1.165, 1.54) is 23.5 Å². The van der Waals surface area contributed by atoms with Crippen molar-refractivity contribution in [3.05, 3.63) is 41.7 Å². The largest absolute Gasteiger partial charge is 0.450 e. The van der Waals surface area contributed by atoms with Gasteiger partial charge in [-0.25, -0.2) is 14.2 Å². The number of carbonyl (C=O) groups is 2. The van der Waals surface area contributed by atoms with Crippen LogP contribution >= 0.6 is 11.3 Å². The van der Waals surface area contributed by atoms with E-state index >= 15 is 0 Å². The Morgan fingerprint density at radius 3 is 2.90 bits per heavy atom. The molecule has 1 fully saturated rings. The lowest BCUT2D eigenvalue weighted by molar-refractivity contribution is -0.121. The fourth-order valence-electron chi connectivity index (χ4n) is 3.50. The van der Waals surface area contributed by atoms with E-state index in [9.17, 15) is 14.0 Å². The Balaban J connectivity index is 1.58. The predicted molar refractivity (Wildman–Crippen MR) is 108 cm³/mol. The zero-order valence-electron chi connectivity index (χ0n) is 15.9. The number of hydrogen-bond acceptors (Lipinski definition) is 5. The van der Waals surface area contributed by atoms with Crippen LogP contribution in [-0.4, -0.2) is 46.0 Å². The van der Waals surface area contributed by atoms with Gasteiger partial charge in [0.15, 0.2) is 4.96 Å². The number of likely N-dealkylation sites (tertiary alicyclic amines) is 1. The Hall–Kier alpha value is -2.94. The van der Waals surface area contributed by atoms with Gasteiger partial charge in [0, 0.05) is 30.2 Å². The summed E-state index contributed by atoms with van der Waals surface area (Å²) in [5, 5.41) is 4.87. The van der Waals surface area contributed by atoms with Crippen molar-refractivity contribution < 1.29 is 18.7 Å². The normalized spacial score (nSPS) is 16.8. The van der Waals surface area contributed by atoms with Crippen molar-refractivity contribution >= 4 is 34.1 Å². The van der Waals surface area contributed by atoms with Crippen LogP contribution in [-0.2, 0) is 9.53 Å². The SMILES string of the molecule is CCOC(=O)N1CCC[C@@H](C(=O)Nc2c(-c3ccc(F)cc3)nc3sccn23)C1. The van der Waals surface area contributed by atoms with Gasteiger partial charge in [-0.1, -0.05) is 0 Å². The molecule has 152 valence electrons. The third kappa shape index (κ3) is 3.95. The molecule has 1 aromatic carbocycles. The summed E-state index contributed by atoms with van der Waals surface area (Å²) in [5.74, 6) is -0.290. The van der Waals surface area contributed by atoms with Gasteiger partial charge in [0.2, 0.25) is 5.91 Å². The molecule has 0 aliphatic carbocycles. The van der Waals surface area contributed by atoms with Gasteiger partial charge in [-0.2, -0.15) is 0 Å². The highest BCUT2D eigenvalue weighted by Gasteiger charge is 2.30. The number of thiazole rings is 1. The van der Waals surface area contributed by atoms with E-state index in [-0.39, 0.29) is 23.7 Å². The fourth-order valence-corrected chi connectivity index (χ4v) is 4.22. The minimum Gasteiger partial charge on any atom is -0.450 e. The lowest BCUT2D eigenvalue weighted by atomic mass is 9.97. The lowest BCUT2D eigenvalue weighted by Gasteiger charge is -2.31. The van der Waals surface area contributed by atoms with Crippen LogP contribution in [0.4, 0.5) is 15.0 Å². The molecule has 0 saturated carbocycles. The van der Waals surface area contributed by atoms with E-state index in [1.54, 1.807) is 24.0 Å². The van der Waals surface area contributed by atoms with Gasteiger partial charge in [0.25, 0.3) is 0 Å². The Morgan fingerprint density at radius 2 is 2.14 bits per heavy atom. The van der Waals surface area contributed by atoms with Crippen LogP contribution in [0, 0.1) is 11.7 Å². The van der Waals surface area contributed by atoms with E-state index < -0.39 is 0 Å². The smallest absolute Gasteiger partial charge is 0.409 e. The van der Waals surface area contributed by atoms with Crippen LogP contribution in [0.2, 0.25) is 0 Å². The molecule has 2 amide bonds. The highest BCUT2D eigenvalue weighted by molar-refractivity contribution is 7.15. The molecule has 3 heterocycles. The number of carbonyl (C=O) groups excluding carboxylic acids is 2. The molecule has 3 aromatic rings. The minimum atomic E-state index is -0.387. The van der Waals surface area contributed by atoms with Gasteiger partial charge in [0.05, 0.1) is 12.5 Å². The number of benzene rings is 1. The first kappa shape index (κ1) is 19.4. The van der Waals surface area contributed by atoms with Gasteiger partial charge in [-0.05, 0) is 44.0 Å². The molecule has 9 heteroatoms. The van der Waals surface area contributed by atoms with E-state index in [0.717, 1.165) is 16.9 Å². The maximum absolute atomic E-state index is 13.3. The summed E-state index contributed by atoms with van der Waals surface area (Å²) in [6.07, 6.45) is 2.88. The number of fused-ring (bicyclic) bond motifs is 1.